The molecule has 21 heavy (non-hydrogen) atoms. The van der Waals surface area contributed by atoms with Gasteiger partial charge in [0, 0.05) is 18.3 Å². The Morgan fingerprint density at radius 2 is 1.71 bits per heavy atom. The summed E-state index contributed by atoms with van der Waals surface area (Å²) in [5, 5.41) is 8.01. The van der Waals surface area contributed by atoms with Gasteiger partial charge in [0.2, 0.25) is 0 Å². The highest BCUT2D eigenvalue weighted by Gasteiger charge is 2.16. The van der Waals surface area contributed by atoms with Gasteiger partial charge in [-0.3, -0.25) is 0 Å². The van der Waals surface area contributed by atoms with Crippen molar-refractivity contribution in [2.24, 2.45) is 17.8 Å². The number of para-hydroxylation sites is 1. The Balaban J connectivity index is 1.89. The standard InChI is InChI=1S/C18H27N3/c1-14(2)18(15(3)4)12-19-10-16-11-20-21(13-16)17-8-6-5-7-9-17/h5-9,11,13-15,18-19H,10,12H2,1-4H3. The predicted molar refractivity (Wildman–Crippen MR) is 88.4 cm³/mol. The highest BCUT2D eigenvalue weighted by atomic mass is 15.3. The molecule has 0 spiro atoms. The molecule has 0 amide bonds. The number of rotatable bonds is 7. The first-order valence-corrected chi connectivity index (χ1v) is 7.87. The highest BCUT2D eigenvalue weighted by molar-refractivity contribution is 5.30. The molecule has 2 rings (SSSR count). The van der Waals surface area contributed by atoms with Gasteiger partial charge in [0.1, 0.15) is 0 Å². The molecule has 0 aliphatic rings. The van der Waals surface area contributed by atoms with Crippen molar-refractivity contribution in [2.45, 2.75) is 34.2 Å². The zero-order chi connectivity index (χ0) is 15.2. The molecule has 1 aromatic heterocycles. The molecule has 0 bridgehead atoms. The van der Waals surface area contributed by atoms with Crippen LogP contribution in [0, 0.1) is 17.8 Å². The fraction of sp³-hybridized carbons (Fsp3) is 0.500. The van der Waals surface area contributed by atoms with Crippen LogP contribution in [0.4, 0.5) is 0 Å². The Kier molecular flexibility index (Phi) is 5.57. The molecule has 1 heterocycles. The fourth-order valence-electron chi connectivity index (χ4n) is 2.80. The number of hydrogen-bond acceptors (Lipinski definition) is 2. The quantitative estimate of drug-likeness (QED) is 0.836. The van der Waals surface area contributed by atoms with Gasteiger partial charge < -0.3 is 5.32 Å². The maximum atomic E-state index is 4.43. The van der Waals surface area contributed by atoms with Crippen LogP contribution in [0.5, 0.6) is 0 Å². The minimum atomic E-state index is 0.713. The molecule has 1 N–H and O–H groups in total. The second-order valence-electron chi connectivity index (χ2n) is 6.41. The van der Waals surface area contributed by atoms with Crippen LogP contribution in [0.25, 0.3) is 5.69 Å². The average molecular weight is 285 g/mol. The molecule has 0 atom stereocenters. The Morgan fingerprint density at radius 3 is 2.33 bits per heavy atom. The minimum absolute atomic E-state index is 0.713. The van der Waals surface area contributed by atoms with Crippen molar-refractivity contribution in [3.8, 4) is 5.69 Å². The van der Waals surface area contributed by atoms with Crippen molar-refractivity contribution in [1.82, 2.24) is 15.1 Å². The zero-order valence-corrected chi connectivity index (χ0v) is 13.6. The normalized spacial score (nSPS) is 11.8. The SMILES string of the molecule is CC(C)C(CNCc1cnn(-c2ccccc2)c1)C(C)C. The molecule has 3 nitrogen and oxygen atoms in total. The first-order valence-electron chi connectivity index (χ1n) is 7.87. The maximum Gasteiger partial charge on any atom is 0.0645 e. The number of nitrogens with one attached hydrogen (secondary N) is 1. The zero-order valence-electron chi connectivity index (χ0n) is 13.6. The summed E-state index contributed by atoms with van der Waals surface area (Å²) >= 11 is 0. The summed E-state index contributed by atoms with van der Waals surface area (Å²) in [5.41, 5.74) is 2.33. The lowest BCUT2D eigenvalue weighted by Gasteiger charge is -2.25. The van der Waals surface area contributed by atoms with Crippen LogP contribution in [0.1, 0.15) is 33.3 Å². The van der Waals surface area contributed by atoms with E-state index in [4.69, 9.17) is 0 Å². The summed E-state index contributed by atoms with van der Waals surface area (Å²) in [5.74, 6) is 2.14. The first kappa shape index (κ1) is 15.8. The number of aromatic nitrogens is 2. The van der Waals surface area contributed by atoms with Crippen LogP contribution in [0.15, 0.2) is 42.7 Å². The van der Waals surface area contributed by atoms with Crippen molar-refractivity contribution < 1.29 is 0 Å². The van der Waals surface area contributed by atoms with E-state index in [0.29, 0.717) is 17.8 Å². The monoisotopic (exact) mass is 285 g/mol. The van der Waals surface area contributed by atoms with E-state index in [1.807, 2.05) is 29.1 Å². The van der Waals surface area contributed by atoms with Crippen LogP contribution in [-0.2, 0) is 6.54 Å². The van der Waals surface area contributed by atoms with Gasteiger partial charge in [-0.1, -0.05) is 45.9 Å². The van der Waals surface area contributed by atoms with Gasteiger partial charge in [-0.25, -0.2) is 4.68 Å². The third-order valence-corrected chi connectivity index (χ3v) is 4.08. The van der Waals surface area contributed by atoms with Gasteiger partial charge in [-0.2, -0.15) is 5.10 Å². The number of nitrogens with zero attached hydrogens (tertiary/aromatic N) is 2. The van der Waals surface area contributed by atoms with E-state index in [0.717, 1.165) is 18.8 Å². The van der Waals surface area contributed by atoms with Crippen molar-refractivity contribution in [3.63, 3.8) is 0 Å². The molecule has 0 saturated heterocycles. The van der Waals surface area contributed by atoms with Crippen molar-refractivity contribution in [1.29, 1.82) is 0 Å². The largest absolute Gasteiger partial charge is 0.312 e. The van der Waals surface area contributed by atoms with Crippen LogP contribution in [-0.4, -0.2) is 16.3 Å². The molecular weight excluding hydrogens is 258 g/mol. The Hall–Kier alpha value is -1.61. The third kappa shape index (κ3) is 4.43. The average Bonchev–Trinajstić information content (AvgIpc) is 2.92. The van der Waals surface area contributed by atoms with E-state index in [1.54, 1.807) is 0 Å². The lowest BCUT2D eigenvalue weighted by atomic mass is 9.85. The van der Waals surface area contributed by atoms with Gasteiger partial charge >= 0.3 is 0 Å². The maximum absolute atomic E-state index is 4.43. The van der Waals surface area contributed by atoms with E-state index in [1.165, 1.54) is 5.56 Å². The summed E-state index contributed by atoms with van der Waals surface area (Å²) in [4.78, 5) is 0. The molecule has 0 fully saturated rings. The molecule has 2 aromatic rings. The molecule has 114 valence electrons. The van der Waals surface area contributed by atoms with Gasteiger partial charge in [-0.05, 0) is 36.4 Å². The first-order chi connectivity index (χ1) is 10.1. The molecule has 1 aromatic carbocycles. The summed E-state index contributed by atoms with van der Waals surface area (Å²) in [7, 11) is 0. The smallest absolute Gasteiger partial charge is 0.0645 e. The second kappa shape index (κ2) is 7.41. The number of hydrogen-bond donors (Lipinski definition) is 1. The third-order valence-electron chi connectivity index (χ3n) is 4.08. The molecule has 0 saturated carbocycles. The number of benzene rings is 1. The lowest BCUT2D eigenvalue weighted by molar-refractivity contribution is 0.275. The molecule has 3 heteroatoms. The summed E-state index contributed by atoms with van der Waals surface area (Å²) < 4.78 is 1.93. The molecular formula is C18H27N3. The van der Waals surface area contributed by atoms with E-state index in [9.17, 15) is 0 Å². The summed E-state index contributed by atoms with van der Waals surface area (Å²) in [6.45, 7) is 11.2. The van der Waals surface area contributed by atoms with Crippen molar-refractivity contribution >= 4 is 0 Å². The van der Waals surface area contributed by atoms with Crippen LogP contribution in [0.3, 0.4) is 0 Å². The van der Waals surface area contributed by atoms with Gasteiger partial charge in [0.15, 0.2) is 0 Å². The van der Waals surface area contributed by atoms with E-state index >= 15 is 0 Å². The minimum Gasteiger partial charge on any atom is -0.312 e. The van der Waals surface area contributed by atoms with Crippen LogP contribution >= 0.6 is 0 Å². The second-order valence-corrected chi connectivity index (χ2v) is 6.41. The van der Waals surface area contributed by atoms with Crippen LogP contribution < -0.4 is 5.32 Å². The molecule has 0 unspecified atom stereocenters. The predicted octanol–water partition coefficient (Wildman–Crippen LogP) is 3.89. The highest BCUT2D eigenvalue weighted by Crippen LogP contribution is 2.19. The van der Waals surface area contributed by atoms with Gasteiger partial charge in [0.05, 0.1) is 11.9 Å². The molecule has 0 aliphatic heterocycles. The Bertz CT molecular complexity index is 520. The van der Waals surface area contributed by atoms with E-state index in [-0.39, 0.29) is 0 Å². The Morgan fingerprint density at radius 1 is 1.05 bits per heavy atom. The molecule has 0 aliphatic carbocycles. The van der Waals surface area contributed by atoms with Crippen LogP contribution in [0.2, 0.25) is 0 Å². The van der Waals surface area contributed by atoms with Gasteiger partial charge in [0.25, 0.3) is 0 Å². The Labute approximate surface area is 128 Å². The topological polar surface area (TPSA) is 29.9 Å². The lowest BCUT2D eigenvalue weighted by Crippen LogP contribution is -2.29. The summed E-state index contributed by atoms with van der Waals surface area (Å²) in [6.07, 6.45) is 4.04. The summed E-state index contributed by atoms with van der Waals surface area (Å²) in [6, 6.07) is 10.2. The van der Waals surface area contributed by atoms with Gasteiger partial charge in [-0.15, -0.1) is 0 Å². The van der Waals surface area contributed by atoms with E-state index in [2.05, 4.69) is 56.4 Å². The molecule has 0 radical (unpaired) electrons. The fourth-order valence-corrected chi connectivity index (χ4v) is 2.80. The van der Waals surface area contributed by atoms with Crippen molar-refractivity contribution in [2.75, 3.05) is 6.54 Å². The van der Waals surface area contributed by atoms with Crippen molar-refractivity contribution in [3.05, 3.63) is 48.3 Å². The van der Waals surface area contributed by atoms with E-state index < -0.39 is 0 Å².